The van der Waals surface area contributed by atoms with Crippen molar-refractivity contribution in [3.05, 3.63) is 108 Å². The molecule has 0 bridgehead atoms. The highest BCUT2D eigenvalue weighted by atomic mass is 19.1. The molecule has 0 spiro atoms. The summed E-state index contributed by atoms with van der Waals surface area (Å²) in [6.45, 7) is 8.26. The van der Waals surface area contributed by atoms with E-state index in [0.717, 1.165) is 86.8 Å². The lowest BCUT2D eigenvalue weighted by Crippen LogP contribution is -2.47. The number of benzene rings is 2. The molecule has 0 radical (unpaired) electrons. The Morgan fingerprint density at radius 3 is 1.35 bits per heavy atom. The van der Waals surface area contributed by atoms with Crippen molar-refractivity contribution in [1.29, 1.82) is 0 Å². The second kappa shape index (κ2) is 20.4. The monoisotopic (exact) mass is 848 g/mol. The van der Waals surface area contributed by atoms with Crippen LogP contribution >= 0.6 is 0 Å². The fourth-order valence-corrected chi connectivity index (χ4v) is 7.93. The van der Waals surface area contributed by atoms with E-state index in [4.69, 9.17) is 19.7 Å². The second-order valence-corrected chi connectivity index (χ2v) is 15.4. The number of piperazine rings is 2. The molecule has 16 nitrogen and oxygen atoms in total. The molecule has 324 valence electrons. The molecule has 2 saturated heterocycles. The lowest BCUT2D eigenvalue weighted by atomic mass is 10.0. The van der Waals surface area contributed by atoms with E-state index in [1.54, 1.807) is 10.1 Å². The number of amidine groups is 2. The van der Waals surface area contributed by atoms with Gasteiger partial charge in [0.05, 0.1) is 49.3 Å². The zero-order valence-corrected chi connectivity index (χ0v) is 34.6. The molecule has 0 unspecified atom stereocenters. The molecule has 4 aromatic rings. The van der Waals surface area contributed by atoms with Crippen LogP contribution in [0, 0.1) is 11.6 Å². The first kappa shape index (κ1) is 42.3. The van der Waals surface area contributed by atoms with Gasteiger partial charge in [-0.2, -0.15) is 10.1 Å². The number of hydrogen-bond acceptors (Lipinski definition) is 16. The number of aromatic nitrogens is 4. The Bertz CT molecular complexity index is 2090. The number of halogens is 2. The maximum Gasteiger partial charge on any atom is 0.356 e. The summed E-state index contributed by atoms with van der Waals surface area (Å²) >= 11 is 0. The van der Waals surface area contributed by atoms with Crippen LogP contribution in [0.1, 0.15) is 36.8 Å². The van der Waals surface area contributed by atoms with Gasteiger partial charge in [-0.3, -0.25) is 9.80 Å². The molecule has 2 aromatic heterocycles. The van der Waals surface area contributed by atoms with Gasteiger partial charge in [0.25, 0.3) is 0 Å². The molecule has 18 heteroatoms. The van der Waals surface area contributed by atoms with Gasteiger partial charge in [-0.15, -0.1) is 0 Å². The second-order valence-electron chi connectivity index (χ2n) is 15.4. The Balaban J connectivity index is 0.867. The third kappa shape index (κ3) is 11.3. The first-order valence-corrected chi connectivity index (χ1v) is 21.2. The summed E-state index contributed by atoms with van der Waals surface area (Å²) in [5, 5.41) is 3.09. The highest BCUT2D eigenvalue weighted by molar-refractivity contribution is 5.94. The minimum atomic E-state index is -0.725. The number of para-hydroxylation sites is 2. The Morgan fingerprint density at radius 2 is 0.952 bits per heavy atom. The Kier molecular flexibility index (Phi) is 13.9. The van der Waals surface area contributed by atoms with E-state index in [9.17, 15) is 18.4 Å². The number of nitrogens with zero attached hydrogens (tertiary/aromatic N) is 12. The Morgan fingerprint density at radius 1 is 0.565 bits per heavy atom. The van der Waals surface area contributed by atoms with E-state index in [0.29, 0.717) is 88.5 Å². The van der Waals surface area contributed by atoms with Crippen molar-refractivity contribution in [3.8, 4) is 0 Å². The summed E-state index contributed by atoms with van der Waals surface area (Å²) in [6, 6.07) is 15.8. The molecular formula is C44H50F2N12O4. The largest absolute Gasteiger partial charge is 0.356 e. The van der Waals surface area contributed by atoms with Gasteiger partial charge >= 0.3 is 11.9 Å². The fourth-order valence-electron chi connectivity index (χ4n) is 7.93. The summed E-state index contributed by atoms with van der Waals surface area (Å²) in [6.07, 6.45) is 10.9. The molecule has 0 N–H and O–H groups in total. The molecule has 2 aromatic carbocycles. The van der Waals surface area contributed by atoms with E-state index in [1.807, 2.05) is 58.3 Å². The topological polar surface area (TPSA) is 148 Å². The molecule has 0 amide bonds. The smallest absolute Gasteiger partial charge is 0.338 e. The van der Waals surface area contributed by atoms with Crippen LogP contribution in [0.4, 0.5) is 32.1 Å². The third-order valence-electron chi connectivity index (χ3n) is 11.2. The average Bonchev–Trinajstić information content (AvgIpc) is 3.31. The summed E-state index contributed by atoms with van der Waals surface area (Å²) in [7, 11) is 0. The van der Waals surface area contributed by atoms with Crippen molar-refractivity contribution >= 4 is 46.9 Å². The number of anilines is 2. The predicted octanol–water partition coefficient (Wildman–Crippen LogP) is 4.70. The van der Waals surface area contributed by atoms with Crippen LogP contribution in [0.25, 0.3) is 0 Å². The van der Waals surface area contributed by atoms with E-state index in [1.165, 1.54) is 24.8 Å². The Labute approximate surface area is 359 Å². The van der Waals surface area contributed by atoms with Gasteiger partial charge in [-0.25, -0.2) is 48.3 Å². The van der Waals surface area contributed by atoms with Crippen LogP contribution in [0.3, 0.4) is 0 Å². The highest BCUT2D eigenvalue weighted by Gasteiger charge is 2.25. The molecule has 4 aliphatic rings. The minimum absolute atomic E-state index is 0.399. The maximum absolute atomic E-state index is 13.4. The van der Waals surface area contributed by atoms with E-state index in [-0.39, 0.29) is 0 Å². The van der Waals surface area contributed by atoms with Crippen LogP contribution < -0.4 is 9.80 Å². The van der Waals surface area contributed by atoms with E-state index in [2.05, 4.69) is 29.7 Å². The molecule has 8 rings (SSSR count). The molecule has 0 atom stereocenters. The minimum Gasteiger partial charge on any atom is -0.338 e. The standard InChI is InChI=1S/C44H50F2N12O4/c45-35-29-47-43(48-30-35)55-25-21-53(22-26-55)17-5-19-57(39-13-11-33-7-1-3-9-37(33)51-39)61-41(59)15-16-42(60)62-58(40-14-12-34-8-2-4-10-38(34)52-40)20-6-18-54-23-27-56(28-24-54)44-49-31-36(46)32-50-44/h1-4,7-10,15-16,29-32H,5-6,11-14,17-28H2/b16-15+. The normalized spacial score (nSPS) is 16.9. The van der Waals surface area contributed by atoms with Gasteiger partial charge in [0.2, 0.25) is 11.9 Å². The quantitative estimate of drug-likeness (QED) is 0.143. The number of fused-ring (bicyclic) bond motifs is 2. The van der Waals surface area contributed by atoms with Gasteiger partial charge in [-0.1, -0.05) is 36.4 Å². The van der Waals surface area contributed by atoms with Crippen molar-refractivity contribution in [2.45, 2.75) is 38.5 Å². The van der Waals surface area contributed by atoms with Crippen molar-refractivity contribution in [3.63, 3.8) is 0 Å². The lowest BCUT2D eigenvalue weighted by Gasteiger charge is -2.35. The molecule has 62 heavy (non-hydrogen) atoms. The van der Waals surface area contributed by atoms with Gasteiger partial charge in [0, 0.05) is 90.4 Å². The number of carbonyl (C=O) groups is 2. The number of aliphatic imine (C=N–C) groups is 2. The molecule has 2 fully saturated rings. The summed E-state index contributed by atoms with van der Waals surface area (Å²) in [5.74, 6) is -0.0745. The number of carbonyl (C=O) groups excluding carboxylic acids is 2. The Hall–Kier alpha value is -6.40. The first-order valence-electron chi connectivity index (χ1n) is 21.2. The zero-order chi connectivity index (χ0) is 42.7. The van der Waals surface area contributed by atoms with Crippen LogP contribution in [0.2, 0.25) is 0 Å². The van der Waals surface area contributed by atoms with Gasteiger partial charge in [0.15, 0.2) is 11.6 Å². The summed E-state index contributed by atoms with van der Waals surface area (Å²) < 4.78 is 26.7. The third-order valence-corrected chi connectivity index (χ3v) is 11.2. The summed E-state index contributed by atoms with van der Waals surface area (Å²) in [4.78, 5) is 73.4. The number of aryl methyl sites for hydroxylation is 2. The molecular weight excluding hydrogens is 799 g/mol. The fraction of sp³-hybridized carbons (Fsp3) is 0.409. The van der Waals surface area contributed by atoms with Gasteiger partial charge in [-0.05, 0) is 48.9 Å². The number of hydroxylamine groups is 4. The van der Waals surface area contributed by atoms with Crippen molar-refractivity contribution < 1.29 is 28.0 Å². The van der Waals surface area contributed by atoms with Crippen molar-refractivity contribution in [2.75, 3.05) is 88.3 Å². The molecule has 0 saturated carbocycles. The first-order chi connectivity index (χ1) is 30.3. The zero-order valence-electron chi connectivity index (χ0n) is 34.6. The average molecular weight is 849 g/mol. The van der Waals surface area contributed by atoms with E-state index >= 15 is 0 Å². The van der Waals surface area contributed by atoms with Crippen LogP contribution in [-0.2, 0) is 32.1 Å². The number of hydrogen-bond donors (Lipinski definition) is 0. The van der Waals surface area contributed by atoms with Gasteiger partial charge < -0.3 is 19.5 Å². The van der Waals surface area contributed by atoms with Crippen LogP contribution in [0.15, 0.2) is 95.5 Å². The molecule has 6 heterocycles. The van der Waals surface area contributed by atoms with Crippen LogP contribution in [0.5, 0.6) is 0 Å². The SMILES string of the molecule is O=C(/C=C/C(=O)ON(CCCN1CCN(c2ncc(F)cn2)CC1)C1=Nc2ccccc2CC1)ON(CCCN1CCN(c2ncc(F)cn2)CC1)C1=Nc2ccccc2CC1. The predicted molar refractivity (Wildman–Crippen MR) is 229 cm³/mol. The number of rotatable bonds is 12. The lowest BCUT2D eigenvalue weighted by molar-refractivity contribution is -0.169. The molecule has 0 aliphatic carbocycles. The summed E-state index contributed by atoms with van der Waals surface area (Å²) in [5.41, 5.74) is 3.93. The van der Waals surface area contributed by atoms with Crippen LogP contribution in [-0.4, -0.2) is 142 Å². The van der Waals surface area contributed by atoms with E-state index < -0.39 is 23.6 Å². The molecule has 4 aliphatic heterocycles. The van der Waals surface area contributed by atoms with Gasteiger partial charge in [0.1, 0.15) is 11.7 Å². The maximum atomic E-state index is 13.4. The van der Waals surface area contributed by atoms with Crippen molar-refractivity contribution in [1.82, 2.24) is 39.9 Å². The highest BCUT2D eigenvalue weighted by Crippen LogP contribution is 2.28. The van der Waals surface area contributed by atoms with Crippen molar-refractivity contribution in [2.24, 2.45) is 9.98 Å².